The molecule has 0 N–H and O–H groups in total. The Hall–Kier alpha value is -2.48. The van der Waals surface area contributed by atoms with Gasteiger partial charge in [0.15, 0.2) is 0 Å². The van der Waals surface area contributed by atoms with E-state index in [1.807, 2.05) is 6.07 Å². The molecule has 2 nitrogen and oxygen atoms in total. The SMILES string of the molecule is C[C@@H](N=C1OCc2cccc(Br)c21)C1=CCC=C1P(c1ccccc1)c1ccccc1. The van der Waals surface area contributed by atoms with Gasteiger partial charge in [0, 0.05) is 10.0 Å². The molecule has 1 aliphatic carbocycles. The van der Waals surface area contributed by atoms with E-state index in [2.05, 4.69) is 108 Å². The number of hydrogen-bond acceptors (Lipinski definition) is 2. The van der Waals surface area contributed by atoms with Gasteiger partial charge in [-0.1, -0.05) is 84.9 Å². The van der Waals surface area contributed by atoms with E-state index in [9.17, 15) is 0 Å². The number of nitrogens with zero attached hydrogens (tertiary/aromatic N) is 1. The number of aliphatic imine (C=N–C) groups is 1. The van der Waals surface area contributed by atoms with E-state index in [0.717, 1.165) is 22.4 Å². The zero-order valence-electron chi connectivity index (χ0n) is 17.3. The molecule has 0 unspecified atom stereocenters. The number of fused-ring (bicyclic) bond motifs is 1. The van der Waals surface area contributed by atoms with Crippen molar-refractivity contribution in [3.8, 4) is 0 Å². The number of allylic oxidation sites excluding steroid dienone is 2. The fourth-order valence-corrected chi connectivity index (χ4v) is 7.40. The second-order valence-electron chi connectivity index (χ2n) is 7.66. The standard InChI is InChI=1S/C27H23BrNOP/c1-19(29-27-26-20(18-30-27)10-8-16-24(26)28)23-15-9-17-25(23)31(21-11-4-2-5-12-21)22-13-6-3-7-14-22/h2-8,10-17,19H,9,18H2,1H3/t19-/m1/s1. The van der Waals surface area contributed by atoms with E-state index < -0.39 is 7.92 Å². The van der Waals surface area contributed by atoms with Crippen LogP contribution >= 0.6 is 23.9 Å². The van der Waals surface area contributed by atoms with Crippen LogP contribution in [-0.4, -0.2) is 11.9 Å². The topological polar surface area (TPSA) is 21.6 Å². The van der Waals surface area contributed by atoms with E-state index >= 15 is 0 Å². The highest BCUT2D eigenvalue weighted by Crippen LogP contribution is 2.50. The average molecular weight is 488 g/mol. The van der Waals surface area contributed by atoms with E-state index in [1.54, 1.807) is 0 Å². The van der Waals surface area contributed by atoms with Gasteiger partial charge >= 0.3 is 0 Å². The molecule has 1 aliphatic heterocycles. The Morgan fingerprint density at radius 3 is 2.23 bits per heavy atom. The van der Waals surface area contributed by atoms with E-state index in [1.165, 1.54) is 27.1 Å². The lowest BCUT2D eigenvalue weighted by atomic mass is 10.1. The molecule has 31 heavy (non-hydrogen) atoms. The van der Waals surface area contributed by atoms with Gasteiger partial charge in [-0.05, 0) is 64.8 Å². The lowest BCUT2D eigenvalue weighted by Gasteiger charge is -2.24. The van der Waals surface area contributed by atoms with E-state index in [-0.39, 0.29) is 6.04 Å². The molecule has 1 heterocycles. The van der Waals surface area contributed by atoms with Crippen molar-refractivity contribution in [3.05, 3.63) is 118 Å². The van der Waals surface area contributed by atoms with Crippen molar-refractivity contribution < 1.29 is 4.74 Å². The second-order valence-corrected chi connectivity index (χ2v) is 10.7. The predicted octanol–water partition coefficient (Wildman–Crippen LogP) is 6.46. The van der Waals surface area contributed by atoms with Gasteiger partial charge in [0.2, 0.25) is 5.90 Å². The molecule has 0 saturated carbocycles. The highest BCUT2D eigenvalue weighted by atomic mass is 79.9. The maximum atomic E-state index is 5.98. The largest absolute Gasteiger partial charge is 0.473 e. The molecule has 0 aromatic heterocycles. The maximum absolute atomic E-state index is 5.98. The van der Waals surface area contributed by atoms with Crippen LogP contribution in [0.1, 0.15) is 24.5 Å². The van der Waals surface area contributed by atoms with E-state index in [0.29, 0.717) is 6.61 Å². The van der Waals surface area contributed by atoms with Crippen molar-refractivity contribution in [2.24, 2.45) is 4.99 Å². The van der Waals surface area contributed by atoms with Crippen LogP contribution in [0.15, 0.2) is 111 Å². The van der Waals surface area contributed by atoms with Gasteiger partial charge in [-0.25, -0.2) is 4.99 Å². The molecule has 0 amide bonds. The Morgan fingerprint density at radius 2 is 1.55 bits per heavy atom. The summed E-state index contributed by atoms with van der Waals surface area (Å²) >= 11 is 3.67. The molecule has 0 radical (unpaired) electrons. The van der Waals surface area contributed by atoms with Gasteiger partial charge < -0.3 is 4.74 Å². The van der Waals surface area contributed by atoms with Gasteiger partial charge in [0.25, 0.3) is 0 Å². The number of benzene rings is 3. The van der Waals surface area contributed by atoms with Crippen LogP contribution in [0.25, 0.3) is 0 Å². The first-order chi connectivity index (χ1) is 15.2. The zero-order chi connectivity index (χ0) is 21.2. The number of hydrogen-bond donors (Lipinski definition) is 0. The average Bonchev–Trinajstić information content (AvgIpc) is 3.44. The van der Waals surface area contributed by atoms with Gasteiger partial charge in [0.05, 0.1) is 11.6 Å². The third kappa shape index (κ3) is 4.05. The molecule has 3 aromatic carbocycles. The van der Waals surface area contributed by atoms with Gasteiger partial charge in [-0.3, -0.25) is 0 Å². The van der Waals surface area contributed by atoms with Crippen LogP contribution < -0.4 is 10.6 Å². The van der Waals surface area contributed by atoms with Gasteiger partial charge in [-0.15, -0.1) is 0 Å². The molecule has 4 heteroatoms. The maximum Gasteiger partial charge on any atom is 0.218 e. The van der Waals surface area contributed by atoms with Crippen LogP contribution in [0.4, 0.5) is 0 Å². The van der Waals surface area contributed by atoms with Crippen molar-refractivity contribution in [2.45, 2.75) is 26.0 Å². The molecule has 0 fully saturated rings. The van der Waals surface area contributed by atoms with Crippen molar-refractivity contribution in [1.29, 1.82) is 0 Å². The normalized spacial score (nSPS) is 17.3. The molecule has 2 aliphatic rings. The van der Waals surface area contributed by atoms with Crippen molar-refractivity contribution >= 4 is 40.4 Å². The summed E-state index contributed by atoms with van der Waals surface area (Å²) in [5, 5.41) is 4.15. The third-order valence-electron chi connectivity index (χ3n) is 5.65. The van der Waals surface area contributed by atoms with Crippen LogP contribution in [0.3, 0.4) is 0 Å². The molecular weight excluding hydrogens is 465 g/mol. The van der Waals surface area contributed by atoms with Crippen molar-refractivity contribution in [1.82, 2.24) is 0 Å². The van der Waals surface area contributed by atoms with Gasteiger partial charge in [0.1, 0.15) is 6.61 Å². The summed E-state index contributed by atoms with van der Waals surface area (Å²) in [6, 6.07) is 28.0. The Kier molecular flexibility index (Phi) is 5.89. The summed E-state index contributed by atoms with van der Waals surface area (Å²) in [7, 11) is -0.627. The van der Waals surface area contributed by atoms with E-state index in [4.69, 9.17) is 9.73 Å². The van der Waals surface area contributed by atoms with Crippen LogP contribution in [-0.2, 0) is 11.3 Å². The minimum absolute atomic E-state index is 0.0271. The molecule has 3 aromatic rings. The van der Waals surface area contributed by atoms with Crippen LogP contribution in [0.2, 0.25) is 0 Å². The van der Waals surface area contributed by atoms with Crippen molar-refractivity contribution in [2.75, 3.05) is 0 Å². The quantitative estimate of drug-likeness (QED) is 0.378. The van der Waals surface area contributed by atoms with Crippen molar-refractivity contribution in [3.63, 3.8) is 0 Å². The Balaban J connectivity index is 1.51. The number of halogens is 1. The van der Waals surface area contributed by atoms with Crippen LogP contribution in [0, 0.1) is 0 Å². The third-order valence-corrected chi connectivity index (χ3v) is 8.87. The molecule has 5 rings (SSSR count). The zero-order valence-corrected chi connectivity index (χ0v) is 19.8. The molecule has 0 spiro atoms. The minimum Gasteiger partial charge on any atom is -0.473 e. The fourth-order valence-electron chi connectivity index (χ4n) is 4.20. The summed E-state index contributed by atoms with van der Waals surface area (Å²) in [5.41, 5.74) is 3.59. The molecule has 1 atom stereocenters. The smallest absolute Gasteiger partial charge is 0.218 e. The van der Waals surface area contributed by atoms with Crippen LogP contribution in [0.5, 0.6) is 0 Å². The molecule has 154 valence electrons. The highest BCUT2D eigenvalue weighted by molar-refractivity contribution is 9.10. The fraction of sp³-hybridized carbons (Fsp3) is 0.148. The minimum atomic E-state index is -0.627. The summed E-state index contributed by atoms with van der Waals surface area (Å²) in [6.07, 6.45) is 5.68. The Morgan fingerprint density at radius 1 is 0.871 bits per heavy atom. The lowest BCUT2D eigenvalue weighted by molar-refractivity contribution is 0.310. The Bertz CT molecular complexity index is 1140. The second kappa shape index (κ2) is 8.94. The molecule has 0 bridgehead atoms. The number of ether oxygens (including phenoxy) is 1. The molecule has 0 saturated heterocycles. The summed E-state index contributed by atoms with van der Waals surface area (Å²) in [4.78, 5) is 5.05. The molecular formula is C27H23BrNOP. The number of rotatable bonds is 5. The lowest BCUT2D eigenvalue weighted by Crippen LogP contribution is -2.16. The van der Waals surface area contributed by atoms with Gasteiger partial charge in [-0.2, -0.15) is 0 Å². The predicted molar refractivity (Wildman–Crippen MR) is 135 cm³/mol. The first kappa shape index (κ1) is 20.4. The summed E-state index contributed by atoms with van der Waals surface area (Å²) in [6.45, 7) is 2.77. The first-order valence-corrected chi connectivity index (χ1v) is 12.6. The monoisotopic (exact) mass is 487 g/mol. The summed E-state index contributed by atoms with van der Waals surface area (Å²) < 4.78 is 7.02. The summed E-state index contributed by atoms with van der Waals surface area (Å²) in [5.74, 6) is 0.742. The first-order valence-electron chi connectivity index (χ1n) is 10.5. The highest BCUT2D eigenvalue weighted by Gasteiger charge is 2.28. The Labute approximate surface area is 193 Å².